The Hall–Kier alpha value is -4.26. The predicted molar refractivity (Wildman–Crippen MR) is 147 cm³/mol. The number of aliphatic hydroxyl groups is 1. The molecule has 1 aromatic heterocycles. The van der Waals surface area contributed by atoms with E-state index in [1.807, 2.05) is 19.1 Å². The summed E-state index contributed by atoms with van der Waals surface area (Å²) in [5.41, 5.74) is 15.2. The van der Waals surface area contributed by atoms with E-state index in [0.717, 1.165) is 43.4 Å². The van der Waals surface area contributed by atoms with E-state index in [2.05, 4.69) is 42.2 Å². The molecule has 4 heterocycles. The largest absolute Gasteiger partial charge is 0.386 e. The number of benzene rings is 1. The van der Waals surface area contributed by atoms with Gasteiger partial charge < -0.3 is 37.4 Å². The molecule has 13 heteroatoms. The quantitative estimate of drug-likeness (QED) is 0.258. The van der Waals surface area contributed by atoms with Crippen molar-refractivity contribution in [1.82, 2.24) is 31.0 Å². The second-order valence-corrected chi connectivity index (χ2v) is 10.7. The summed E-state index contributed by atoms with van der Waals surface area (Å²) in [6, 6.07) is 7.22. The molecule has 13 nitrogen and oxygen atoms in total. The Morgan fingerprint density at radius 3 is 2.73 bits per heavy atom. The van der Waals surface area contributed by atoms with Crippen LogP contribution in [0.1, 0.15) is 57.4 Å². The van der Waals surface area contributed by atoms with Gasteiger partial charge in [0, 0.05) is 18.7 Å². The first-order valence-electron chi connectivity index (χ1n) is 13.7. The zero-order chi connectivity index (χ0) is 28.0. The molecule has 1 spiro atoms. The number of aryl methyl sites for hydroxylation is 2. The summed E-state index contributed by atoms with van der Waals surface area (Å²) in [6.45, 7) is 2.25. The summed E-state index contributed by atoms with van der Waals surface area (Å²) < 4.78 is 0. The van der Waals surface area contributed by atoms with Gasteiger partial charge in [-0.15, -0.1) is 5.10 Å². The first-order chi connectivity index (χ1) is 19.3. The minimum absolute atomic E-state index is 0.0787. The Kier molecular flexibility index (Phi) is 6.53. The number of fused-ring (bicyclic) bond motifs is 1. The van der Waals surface area contributed by atoms with Crippen LogP contribution in [0.2, 0.25) is 0 Å². The van der Waals surface area contributed by atoms with Crippen molar-refractivity contribution >= 4 is 23.7 Å². The topological polar surface area (TPSA) is 196 Å². The number of rotatable bonds is 6. The molecule has 1 unspecified atom stereocenters. The van der Waals surface area contributed by atoms with Crippen LogP contribution in [0.5, 0.6) is 0 Å². The summed E-state index contributed by atoms with van der Waals surface area (Å²) in [5.74, 6) is -0.364. The van der Waals surface area contributed by atoms with Crippen LogP contribution in [0, 0.1) is 0 Å². The second-order valence-electron chi connectivity index (χ2n) is 10.7. The van der Waals surface area contributed by atoms with Crippen LogP contribution in [-0.4, -0.2) is 86.9 Å². The molecule has 3 aliphatic heterocycles. The normalized spacial score (nSPS) is 28.4. The molecule has 2 aromatic rings. The highest BCUT2D eigenvalue weighted by Crippen LogP contribution is 2.40. The van der Waals surface area contributed by atoms with Crippen molar-refractivity contribution in [2.75, 3.05) is 13.1 Å². The highest BCUT2D eigenvalue weighted by Gasteiger charge is 2.65. The molecule has 1 aliphatic carbocycles. The van der Waals surface area contributed by atoms with Crippen LogP contribution in [0.3, 0.4) is 0 Å². The third-order valence-corrected chi connectivity index (χ3v) is 8.40. The smallest absolute Gasteiger partial charge is 0.271 e. The van der Waals surface area contributed by atoms with Crippen molar-refractivity contribution < 1.29 is 14.7 Å². The molecule has 0 saturated carbocycles. The van der Waals surface area contributed by atoms with Crippen molar-refractivity contribution in [2.24, 2.45) is 21.5 Å². The molecule has 4 aliphatic rings. The molecule has 1 saturated heterocycles. The van der Waals surface area contributed by atoms with Gasteiger partial charge in [0.2, 0.25) is 0 Å². The highest BCUT2D eigenvalue weighted by molar-refractivity contribution is 5.97. The number of guanidine groups is 2. The van der Waals surface area contributed by atoms with E-state index in [1.54, 1.807) is 17.0 Å². The fourth-order valence-electron chi connectivity index (χ4n) is 6.40. The number of amides is 2. The van der Waals surface area contributed by atoms with E-state index in [-0.39, 0.29) is 36.6 Å². The van der Waals surface area contributed by atoms with Gasteiger partial charge in [-0.05, 0) is 61.4 Å². The van der Waals surface area contributed by atoms with Crippen molar-refractivity contribution in [3.05, 3.63) is 58.4 Å². The Balaban J connectivity index is 1.20. The van der Waals surface area contributed by atoms with E-state index in [1.165, 1.54) is 5.56 Å². The lowest BCUT2D eigenvalue weighted by atomic mass is 9.87. The first-order valence-corrected chi connectivity index (χ1v) is 13.7. The molecule has 6 rings (SSSR count). The summed E-state index contributed by atoms with van der Waals surface area (Å²) in [6.07, 6.45) is 3.58. The lowest BCUT2D eigenvalue weighted by Gasteiger charge is -2.46. The van der Waals surface area contributed by atoms with Gasteiger partial charge in [0.05, 0.1) is 17.8 Å². The molecule has 1 fully saturated rings. The lowest BCUT2D eigenvalue weighted by molar-refractivity contribution is 0.0144. The lowest BCUT2D eigenvalue weighted by Crippen LogP contribution is -2.73. The average molecular weight is 547 g/mol. The SMILES string of the molecule is CCc1ccc(C(=O)NC[C@@H]2N=C(N)N3CC(NC(=O)c4cccc5c4CCCC5)[C@@H](O)[C@@]34NC(N)=N[C@@H]24)nn1. The van der Waals surface area contributed by atoms with Crippen molar-refractivity contribution in [3.8, 4) is 0 Å². The minimum atomic E-state index is -1.22. The summed E-state index contributed by atoms with van der Waals surface area (Å²) in [4.78, 5) is 37.0. The number of aromatic nitrogens is 2. The van der Waals surface area contributed by atoms with Gasteiger partial charge in [0.1, 0.15) is 12.1 Å². The van der Waals surface area contributed by atoms with Crippen LogP contribution in [-0.2, 0) is 19.3 Å². The number of carbonyl (C=O) groups is 2. The van der Waals surface area contributed by atoms with Gasteiger partial charge in [0.25, 0.3) is 11.8 Å². The number of aliphatic imine (C=N–C) groups is 2. The van der Waals surface area contributed by atoms with Crippen LogP contribution in [0.4, 0.5) is 0 Å². The predicted octanol–water partition coefficient (Wildman–Crippen LogP) is -1.20. The fourth-order valence-corrected chi connectivity index (χ4v) is 6.40. The molecule has 0 radical (unpaired) electrons. The monoisotopic (exact) mass is 546 g/mol. The number of hydrogen-bond donors (Lipinski definition) is 6. The maximum Gasteiger partial charge on any atom is 0.271 e. The molecule has 1 aromatic carbocycles. The van der Waals surface area contributed by atoms with Crippen molar-refractivity contribution in [2.45, 2.75) is 68.9 Å². The van der Waals surface area contributed by atoms with Gasteiger partial charge in [0.15, 0.2) is 23.3 Å². The van der Waals surface area contributed by atoms with Crippen LogP contribution >= 0.6 is 0 Å². The Labute approximate surface area is 231 Å². The summed E-state index contributed by atoms with van der Waals surface area (Å²) in [5, 5.41) is 28.7. The van der Waals surface area contributed by atoms with E-state index in [0.29, 0.717) is 5.56 Å². The van der Waals surface area contributed by atoms with Gasteiger partial charge in [-0.1, -0.05) is 19.1 Å². The number of aliphatic hydroxyl groups excluding tert-OH is 1. The number of nitrogens with one attached hydrogen (secondary N) is 3. The van der Waals surface area contributed by atoms with E-state index in [9.17, 15) is 14.7 Å². The van der Waals surface area contributed by atoms with E-state index >= 15 is 0 Å². The van der Waals surface area contributed by atoms with E-state index < -0.39 is 35.8 Å². The molecule has 8 N–H and O–H groups in total. The minimum Gasteiger partial charge on any atom is -0.386 e. The van der Waals surface area contributed by atoms with Gasteiger partial charge in [-0.25, -0.2) is 9.98 Å². The maximum absolute atomic E-state index is 13.4. The van der Waals surface area contributed by atoms with Crippen molar-refractivity contribution in [1.29, 1.82) is 0 Å². The molecular formula is C27H34N10O3. The Morgan fingerprint density at radius 2 is 1.95 bits per heavy atom. The third kappa shape index (κ3) is 4.21. The number of carbonyl (C=O) groups excluding carboxylic acids is 2. The Morgan fingerprint density at radius 1 is 1.12 bits per heavy atom. The first kappa shape index (κ1) is 26.0. The molecule has 2 amide bonds. The number of hydrogen-bond acceptors (Lipinski definition) is 11. The van der Waals surface area contributed by atoms with E-state index in [4.69, 9.17) is 11.5 Å². The fraction of sp³-hybridized carbons (Fsp3) is 0.481. The highest BCUT2D eigenvalue weighted by atomic mass is 16.3. The second kappa shape index (κ2) is 10.0. The average Bonchev–Trinajstić information content (AvgIpc) is 3.47. The molecule has 210 valence electrons. The standard InChI is InChI=1S/C27H34N10O3/c1-2-15-10-11-18(36-35-15)24(40)30-12-19-21-27(34-25(28)33-21)22(38)20(13-37(27)26(29)32-19)31-23(39)17-9-5-7-14-6-3-4-8-16(14)17/h5,7,9-11,19-22,38H,2-4,6,8,12-13H2,1H3,(H2,29,32)(H,30,40)(H,31,39)(H3,28,33,34)/t19-,20?,21-,22+,27-/m0/s1. The third-order valence-electron chi connectivity index (χ3n) is 8.40. The van der Waals surface area contributed by atoms with Gasteiger partial charge in [-0.2, -0.15) is 5.10 Å². The Bertz CT molecular complexity index is 1390. The van der Waals surface area contributed by atoms with Crippen LogP contribution in [0.15, 0.2) is 40.3 Å². The molecular weight excluding hydrogens is 512 g/mol. The summed E-state index contributed by atoms with van der Waals surface area (Å²) in [7, 11) is 0. The van der Waals surface area contributed by atoms with Crippen LogP contribution < -0.4 is 27.4 Å². The maximum atomic E-state index is 13.4. The van der Waals surface area contributed by atoms with Gasteiger partial charge >= 0.3 is 0 Å². The van der Waals surface area contributed by atoms with Crippen molar-refractivity contribution in [3.63, 3.8) is 0 Å². The zero-order valence-electron chi connectivity index (χ0n) is 22.3. The van der Waals surface area contributed by atoms with Gasteiger partial charge in [-0.3, -0.25) is 9.59 Å². The molecule has 40 heavy (non-hydrogen) atoms. The van der Waals surface area contributed by atoms with Crippen LogP contribution in [0.25, 0.3) is 0 Å². The number of nitrogens with zero attached hydrogens (tertiary/aromatic N) is 5. The molecule has 5 atom stereocenters. The number of nitrogens with two attached hydrogens (primary N) is 2. The summed E-state index contributed by atoms with van der Waals surface area (Å²) >= 11 is 0. The molecule has 0 bridgehead atoms. The zero-order valence-corrected chi connectivity index (χ0v) is 22.3.